The molecule has 0 aliphatic carbocycles. The minimum absolute atomic E-state index is 0.136. The molecule has 1 aliphatic rings. The van der Waals surface area contributed by atoms with Crippen LogP contribution in [0.25, 0.3) is 0 Å². The number of hydrogen-bond acceptors (Lipinski definition) is 5. The minimum Gasteiger partial charge on any atom is -0.387 e. The van der Waals surface area contributed by atoms with Crippen LogP contribution in [-0.2, 0) is 5.54 Å². The van der Waals surface area contributed by atoms with E-state index in [4.69, 9.17) is 5.73 Å². The standard InChI is InChI=1S/C12H14FN3O2S/c1-12(4-5-19-7-11(14)15-12)9-6-8(16(17)18)2-3-10(9)13/h2-3,6H,4-5,7H2,1H3,(H2,14,15). The van der Waals surface area contributed by atoms with E-state index in [1.807, 2.05) is 0 Å². The number of nitro groups is 1. The van der Waals surface area contributed by atoms with Crippen LogP contribution in [-0.4, -0.2) is 22.3 Å². The lowest BCUT2D eigenvalue weighted by molar-refractivity contribution is -0.385. The molecule has 1 aromatic carbocycles. The van der Waals surface area contributed by atoms with Gasteiger partial charge in [-0.3, -0.25) is 15.1 Å². The Kier molecular flexibility index (Phi) is 3.75. The van der Waals surface area contributed by atoms with Crippen LogP contribution in [0.5, 0.6) is 0 Å². The monoisotopic (exact) mass is 283 g/mol. The van der Waals surface area contributed by atoms with Gasteiger partial charge in [-0.15, -0.1) is 0 Å². The first kappa shape index (κ1) is 13.8. The maximum Gasteiger partial charge on any atom is 0.270 e. The summed E-state index contributed by atoms with van der Waals surface area (Å²) < 4.78 is 14.0. The summed E-state index contributed by atoms with van der Waals surface area (Å²) in [4.78, 5) is 14.6. The molecule has 0 radical (unpaired) electrons. The number of benzene rings is 1. The van der Waals surface area contributed by atoms with Gasteiger partial charge in [-0.1, -0.05) is 0 Å². The molecular weight excluding hydrogens is 269 g/mol. The number of nitro benzene ring substituents is 1. The predicted octanol–water partition coefficient (Wildman–Crippen LogP) is 2.44. The number of rotatable bonds is 2. The summed E-state index contributed by atoms with van der Waals surface area (Å²) in [6.45, 7) is 1.76. The number of non-ortho nitro benzene ring substituents is 1. The predicted molar refractivity (Wildman–Crippen MR) is 74.0 cm³/mol. The van der Waals surface area contributed by atoms with Crippen LogP contribution in [0.4, 0.5) is 10.1 Å². The third kappa shape index (κ3) is 2.86. The van der Waals surface area contributed by atoms with Crippen LogP contribution >= 0.6 is 11.8 Å². The minimum atomic E-state index is -0.844. The SMILES string of the molecule is CC1(c2cc([N+](=O)[O-])ccc2F)CCSCC(N)=N1. The normalized spacial score (nSPS) is 23.6. The number of thioether (sulfide) groups is 1. The lowest BCUT2D eigenvalue weighted by Gasteiger charge is -2.25. The van der Waals surface area contributed by atoms with Crippen molar-refractivity contribution in [1.29, 1.82) is 0 Å². The summed E-state index contributed by atoms with van der Waals surface area (Å²) in [5, 5.41) is 10.8. The van der Waals surface area contributed by atoms with Gasteiger partial charge in [-0.25, -0.2) is 4.39 Å². The van der Waals surface area contributed by atoms with Gasteiger partial charge in [-0.05, 0) is 25.2 Å². The van der Waals surface area contributed by atoms with E-state index < -0.39 is 16.3 Å². The molecule has 1 aromatic rings. The second kappa shape index (κ2) is 5.16. The molecule has 0 saturated heterocycles. The number of nitrogens with zero attached hydrogens (tertiary/aromatic N) is 2. The van der Waals surface area contributed by atoms with E-state index in [1.54, 1.807) is 18.7 Å². The average molecular weight is 283 g/mol. The van der Waals surface area contributed by atoms with E-state index in [9.17, 15) is 14.5 Å². The summed E-state index contributed by atoms with van der Waals surface area (Å²) in [6, 6.07) is 3.52. The quantitative estimate of drug-likeness (QED) is 0.667. The van der Waals surface area contributed by atoms with E-state index in [-0.39, 0.29) is 11.3 Å². The van der Waals surface area contributed by atoms with Crippen molar-refractivity contribution >= 4 is 23.3 Å². The molecule has 102 valence electrons. The van der Waals surface area contributed by atoms with E-state index >= 15 is 0 Å². The highest BCUT2D eigenvalue weighted by atomic mass is 32.2. The first-order chi connectivity index (χ1) is 8.92. The Morgan fingerprint density at radius 1 is 1.58 bits per heavy atom. The first-order valence-corrected chi connectivity index (χ1v) is 6.94. The van der Waals surface area contributed by atoms with Crippen molar-refractivity contribution in [2.24, 2.45) is 10.7 Å². The summed E-state index contributed by atoms with van der Waals surface area (Å²) in [7, 11) is 0. The van der Waals surface area contributed by atoms with Gasteiger partial charge in [0.2, 0.25) is 0 Å². The maximum atomic E-state index is 14.0. The molecule has 0 aromatic heterocycles. The maximum absolute atomic E-state index is 14.0. The van der Waals surface area contributed by atoms with E-state index in [0.29, 0.717) is 18.0 Å². The van der Waals surface area contributed by atoms with E-state index in [1.165, 1.54) is 6.07 Å². The lowest BCUT2D eigenvalue weighted by Crippen LogP contribution is -2.25. The van der Waals surface area contributed by atoms with Crippen LogP contribution in [0.1, 0.15) is 18.9 Å². The highest BCUT2D eigenvalue weighted by Crippen LogP contribution is 2.36. The van der Waals surface area contributed by atoms with Gasteiger partial charge >= 0.3 is 0 Å². The average Bonchev–Trinajstić information content (AvgIpc) is 2.51. The Hall–Kier alpha value is -1.63. The number of hydrogen-bond donors (Lipinski definition) is 1. The lowest BCUT2D eigenvalue weighted by atomic mass is 9.89. The Morgan fingerprint density at radius 3 is 3.00 bits per heavy atom. The number of amidine groups is 1. The Bertz CT molecular complexity index is 550. The zero-order valence-corrected chi connectivity index (χ0v) is 11.2. The smallest absolute Gasteiger partial charge is 0.270 e. The molecule has 5 nitrogen and oxygen atoms in total. The summed E-state index contributed by atoms with van der Waals surface area (Å²) in [5.74, 6) is 1.34. The van der Waals surface area contributed by atoms with Crippen LogP contribution in [0.2, 0.25) is 0 Å². The molecule has 2 rings (SSSR count). The van der Waals surface area contributed by atoms with Crippen LogP contribution in [0.3, 0.4) is 0 Å². The van der Waals surface area contributed by atoms with Crippen LogP contribution in [0, 0.1) is 15.9 Å². The Morgan fingerprint density at radius 2 is 2.32 bits per heavy atom. The van der Waals surface area contributed by atoms with Crippen molar-refractivity contribution in [2.45, 2.75) is 18.9 Å². The molecule has 0 saturated carbocycles. The van der Waals surface area contributed by atoms with Gasteiger partial charge < -0.3 is 5.73 Å². The molecule has 19 heavy (non-hydrogen) atoms. The third-order valence-electron chi connectivity index (χ3n) is 3.11. The molecule has 1 heterocycles. The van der Waals surface area contributed by atoms with Crippen molar-refractivity contribution < 1.29 is 9.31 Å². The number of aliphatic imine (C=N–C) groups is 1. The zero-order valence-electron chi connectivity index (χ0n) is 10.4. The van der Waals surface area contributed by atoms with Crippen molar-refractivity contribution in [3.63, 3.8) is 0 Å². The van der Waals surface area contributed by atoms with Gasteiger partial charge in [0, 0.05) is 17.7 Å². The first-order valence-electron chi connectivity index (χ1n) is 5.79. The van der Waals surface area contributed by atoms with Gasteiger partial charge in [0.15, 0.2) is 0 Å². The number of nitrogens with two attached hydrogens (primary N) is 1. The van der Waals surface area contributed by atoms with Crippen molar-refractivity contribution in [3.05, 3.63) is 39.7 Å². The van der Waals surface area contributed by atoms with Gasteiger partial charge in [0.05, 0.1) is 16.2 Å². The molecule has 0 fully saturated rings. The fraction of sp³-hybridized carbons (Fsp3) is 0.417. The second-order valence-electron chi connectivity index (χ2n) is 4.60. The van der Waals surface area contributed by atoms with E-state index in [0.717, 1.165) is 17.9 Å². The largest absolute Gasteiger partial charge is 0.387 e. The Balaban J connectivity index is 2.52. The number of halogens is 1. The zero-order chi connectivity index (χ0) is 14.0. The van der Waals surface area contributed by atoms with E-state index in [2.05, 4.69) is 4.99 Å². The summed E-state index contributed by atoms with van der Waals surface area (Å²) >= 11 is 1.63. The Labute approximate surface area is 114 Å². The highest BCUT2D eigenvalue weighted by molar-refractivity contribution is 7.99. The molecule has 0 spiro atoms. The molecule has 0 bridgehead atoms. The van der Waals surface area contributed by atoms with Crippen molar-refractivity contribution in [1.82, 2.24) is 0 Å². The fourth-order valence-corrected chi connectivity index (χ4v) is 3.05. The fourth-order valence-electron chi connectivity index (χ4n) is 2.09. The molecule has 2 N–H and O–H groups in total. The molecular formula is C12H14FN3O2S. The molecule has 7 heteroatoms. The third-order valence-corrected chi connectivity index (χ3v) is 4.11. The molecule has 1 atom stereocenters. The van der Waals surface area contributed by atoms with Crippen LogP contribution < -0.4 is 5.73 Å². The van der Waals surface area contributed by atoms with Gasteiger partial charge in [-0.2, -0.15) is 11.8 Å². The molecule has 0 amide bonds. The van der Waals surface area contributed by atoms with Crippen molar-refractivity contribution in [2.75, 3.05) is 11.5 Å². The van der Waals surface area contributed by atoms with Gasteiger partial charge in [0.1, 0.15) is 11.7 Å². The second-order valence-corrected chi connectivity index (χ2v) is 5.71. The summed E-state index contributed by atoms with van der Waals surface area (Å²) in [6.07, 6.45) is 0.594. The molecule has 1 aliphatic heterocycles. The van der Waals surface area contributed by atoms with Crippen molar-refractivity contribution in [3.8, 4) is 0 Å². The van der Waals surface area contributed by atoms with Gasteiger partial charge in [0.25, 0.3) is 5.69 Å². The van der Waals surface area contributed by atoms with Crippen LogP contribution in [0.15, 0.2) is 23.2 Å². The highest BCUT2D eigenvalue weighted by Gasteiger charge is 2.32. The molecule has 1 unspecified atom stereocenters. The summed E-state index contributed by atoms with van der Waals surface area (Å²) in [5.41, 5.74) is 5.02. The topological polar surface area (TPSA) is 81.5 Å².